The molecule has 0 fully saturated rings. The number of aromatic hydroxyl groups is 1. The summed E-state index contributed by atoms with van der Waals surface area (Å²) < 4.78 is 5.23. The molecule has 100 valence electrons. The van der Waals surface area contributed by atoms with E-state index in [9.17, 15) is 5.11 Å². The molecular formula is C15H12N2O2S. The van der Waals surface area contributed by atoms with E-state index in [1.807, 2.05) is 42.5 Å². The number of hydrogen-bond donors (Lipinski definition) is 1. The van der Waals surface area contributed by atoms with E-state index in [1.54, 1.807) is 23.9 Å². The number of phenols is 1. The smallest absolute Gasteiger partial charge is 0.237 e. The van der Waals surface area contributed by atoms with Crippen LogP contribution >= 0.6 is 11.8 Å². The molecule has 0 spiro atoms. The summed E-state index contributed by atoms with van der Waals surface area (Å²) in [5.74, 6) is 2.05. The predicted molar refractivity (Wildman–Crippen MR) is 77.4 cm³/mol. The summed E-state index contributed by atoms with van der Waals surface area (Å²) in [7, 11) is 0. The molecule has 0 radical (unpaired) electrons. The largest absolute Gasteiger partial charge is 0.508 e. The maximum atomic E-state index is 9.22. The van der Waals surface area contributed by atoms with E-state index in [4.69, 9.17) is 4.52 Å². The fourth-order valence-corrected chi connectivity index (χ4v) is 2.44. The highest BCUT2D eigenvalue weighted by Crippen LogP contribution is 2.25. The second kappa shape index (κ2) is 5.79. The average Bonchev–Trinajstić information content (AvgIpc) is 2.97. The minimum atomic E-state index is 0.263. The lowest BCUT2D eigenvalue weighted by Gasteiger charge is -1.98. The van der Waals surface area contributed by atoms with Gasteiger partial charge in [-0.05, 0) is 24.3 Å². The monoisotopic (exact) mass is 284 g/mol. The van der Waals surface area contributed by atoms with E-state index in [0.29, 0.717) is 17.5 Å². The summed E-state index contributed by atoms with van der Waals surface area (Å²) in [5.41, 5.74) is 0.942. The van der Waals surface area contributed by atoms with Gasteiger partial charge in [0.1, 0.15) is 5.75 Å². The Hall–Kier alpha value is -2.27. The summed E-state index contributed by atoms with van der Waals surface area (Å²) in [4.78, 5) is 5.41. The van der Waals surface area contributed by atoms with Crippen molar-refractivity contribution >= 4 is 11.8 Å². The molecule has 0 aliphatic carbocycles. The van der Waals surface area contributed by atoms with Gasteiger partial charge in [0, 0.05) is 10.5 Å². The zero-order chi connectivity index (χ0) is 13.8. The maximum absolute atomic E-state index is 9.22. The first-order chi connectivity index (χ1) is 9.81. The van der Waals surface area contributed by atoms with Gasteiger partial charge in [0.05, 0.1) is 5.75 Å². The topological polar surface area (TPSA) is 59.2 Å². The molecule has 2 aromatic carbocycles. The highest BCUT2D eigenvalue weighted by Gasteiger charge is 2.08. The van der Waals surface area contributed by atoms with Crippen molar-refractivity contribution in [2.24, 2.45) is 0 Å². The van der Waals surface area contributed by atoms with Crippen LogP contribution < -0.4 is 0 Å². The Labute approximate surface area is 120 Å². The van der Waals surface area contributed by atoms with Gasteiger partial charge in [0.2, 0.25) is 11.7 Å². The van der Waals surface area contributed by atoms with Crippen molar-refractivity contribution < 1.29 is 9.63 Å². The molecule has 0 amide bonds. The van der Waals surface area contributed by atoms with E-state index in [-0.39, 0.29) is 5.75 Å². The maximum Gasteiger partial charge on any atom is 0.237 e. The minimum Gasteiger partial charge on any atom is -0.508 e. The highest BCUT2D eigenvalue weighted by molar-refractivity contribution is 7.98. The Bertz CT molecular complexity index is 681. The molecule has 0 saturated carbocycles. The first-order valence-corrected chi connectivity index (χ1v) is 7.10. The quantitative estimate of drug-likeness (QED) is 0.740. The van der Waals surface area contributed by atoms with Crippen molar-refractivity contribution in [2.45, 2.75) is 10.6 Å². The van der Waals surface area contributed by atoms with Gasteiger partial charge in [-0.1, -0.05) is 35.5 Å². The van der Waals surface area contributed by atoms with Crippen molar-refractivity contribution in [3.8, 4) is 17.1 Å². The molecule has 0 bridgehead atoms. The van der Waals surface area contributed by atoms with Gasteiger partial charge in [0.25, 0.3) is 0 Å². The SMILES string of the molecule is Oc1ccc(SCc2nc(-c3ccccc3)no2)cc1. The second-order valence-electron chi connectivity index (χ2n) is 4.16. The molecule has 0 atom stereocenters. The molecule has 0 saturated heterocycles. The summed E-state index contributed by atoms with van der Waals surface area (Å²) in [6.07, 6.45) is 0. The Balaban J connectivity index is 1.67. The van der Waals surface area contributed by atoms with Crippen LogP contribution in [0.5, 0.6) is 5.75 Å². The summed E-state index contributed by atoms with van der Waals surface area (Å²) >= 11 is 1.58. The summed E-state index contributed by atoms with van der Waals surface area (Å²) in [6.45, 7) is 0. The van der Waals surface area contributed by atoms with Gasteiger partial charge in [0.15, 0.2) is 0 Å². The molecule has 0 aliphatic heterocycles. The number of benzene rings is 2. The Kier molecular flexibility index (Phi) is 3.69. The Morgan fingerprint density at radius 3 is 2.50 bits per heavy atom. The second-order valence-corrected chi connectivity index (χ2v) is 5.21. The standard InChI is InChI=1S/C15H12N2O2S/c18-12-6-8-13(9-7-12)20-10-14-16-15(17-19-14)11-4-2-1-3-5-11/h1-9,18H,10H2. The van der Waals surface area contributed by atoms with E-state index in [2.05, 4.69) is 10.1 Å². The van der Waals surface area contributed by atoms with Crippen molar-refractivity contribution in [3.05, 3.63) is 60.5 Å². The molecule has 5 heteroatoms. The number of nitrogens with zero attached hydrogens (tertiary/aromatic N) is 2. The molecule has 1 N–H and O–H groups in total. The average molecular weight is 284 g/mol. The van der Waals surface area contributed by atoms with Gasteiger partial charge in [-0.25, -0.2) is 0 Å². The van der Waals surface area contributed by atoms with Crippen LogP contribution in [0.1, 0.15) is 5.89 Å². The predicted octanol–water partition coefficient (Wildman–Crippen LogP) is 3.73. The third kappa shape index (κ3) is 3.00. The van der Waals surface area contributed by atoms with E-state index in [1.165, 1.54) is 0 Å². The van der Waals surface area contributed by atoms with Crippen LogP contribution in [0.4, 0.5) is 0 Å². The number of aromatic nitrogens is 2. The molecular weight excluding hydrogens is 272 g/mol. The first kappa shape index (κ1) is 12.7. The molecule has 1 heterocycles. The lowest BCUT2D eigenvalue weighted by Crippen LogP contribution is -1.82. The highest BCUT2D eigenvalue weighted by atomic mass is 32.2. The van der Waals surface area contributed by atoms with Crippen LogP contribution in [0.2, 0.25) is 0 Å². The molecule has 4 nitrogen and oxygen atoms in total. The van der Waals surface area contributed by atoms with Gasteiger partial charge >= 0.3 is 0 Å². The fraction of sp³-hybridized carbons (Fsp3) is 0.0667. The van der Waals surface area contributed by atoms with Crippen LogP contribution in [0.25, 0.3) is 11.4 Å². The van der Waals surface area contributed by atoms with Gasteiger partial charge in [-0.3, -0.25) is 0 Å². The number of hydrogen-bond acceptors (Lipinski definition) is 5. The van der Waals surface area contributed by atoms with Crippen molar-refractivity contribution in [1.29, 1.82) is 0 Å². The normalized spacial score (nSPS) is 10.6. The zero-order valence-electron chi connectivity index (χ0n) is 10.6. The number of rotatable bonds is 4. The molecule has 20 heavy (non-hydrogen) atoms. The summed E-state index contributed by atoms with van der Waals surface area (Å²) in [5, 5.41) is 13.2. The van der Waals surface area contributed by atoms with E-state index >= 15 is 0 Å². The fourth-order valence-electron chi connectivity index (χ4n) is 1.71. The lowest BCUT2D eigenvalue weighted by atomic mass is 10.2. The van der Waals surface area contributed by atoms with E-state index in [0.717, 1.165) is 10.5 Å². The molecule has 0 aliphatic rings. The lowest BCUT2D eigenvalue weighted by molar-refractivity contribution is 0.391. The zero-order valence-corrected chi connectivity index (χ0v) is 11.4. The number of phenolic OH excluding ortho intramolecular Hbond substituents is 1. The minimum absolute atomic E-state index is 0.263. The third-order valence-corrected chi connectivity index (χ3v) is 3.70. The van der Waals surface area contributed by atoms with Crippen molar-refractivity contribution in [2.75, 3.05) is 0 Å². The van der Waals surface area contributed by atoms with Crippen LogP contribution in [0.3, 0.4) is 0 Å². The Morgan fingerprint density at radius 1 is 1.00 bits per heavy atom. The third-order valence-electron chi connectivity index (χ3n) is 2.70. The van der Waals surface area contributed by atoms with Crippen molar-refractivity contribution in [3.63, 3.8) is 0 Å². The van der Waals surface area contributed by atoms with Crippen LogP contribution in [0, 0.1) is 0 Å². The van der Waals surface area contributed by atoms with Crippen molar-refractivity contribution in [1.82, 2.24) is 10.1 Å². The molecule has 1 aromatic heterocycles. The van der Waals surface area contributed by atoms with Gasteiger partial charge in [-0.15, -0.1) is 11.8 Å². The van der Waals surface area contributed by atoms with Gasteiger partial charge in [-0.2, -0.15) is 4.98 Å². The summed E-state index contributed by atoms with van der Waals surface area (Å²) in [6, 6.07) is 16.8. The molecule has 0 unspecified atom stereocenters. The first-order valence-electron chi connectivity index (χ1n) is 6.11. The van der Waals surface area contributed by atoms with Crippen LogP contribution in [-0.4, -0.2) is 15.2 Å². The van der Waals surface area contributed by atoms with E-state index < -0.39 is 0 Å². The molecule has 3 aromatic rings. The van der Waals surface area contributed by atoms with Crippen LogP contribution in [0.15, 0.2) is 64.0 Å². The van der Waals surface area contributed by atoms with Gasteiger partial charge < -0.3 is 9.63 Å². The Morgan fingerprint density at radius 2 is 1.75 bits per heavy atom. The number of thioether (sulfide) groups is 1. The molecule has 3 rings (SSSR count). The van der Waals surface area contributed by atoms with Crippen LogP contribution in [-0.2, 0) is 5.75 Å².